The van der Waals surface area contributed by atoms with E-state index in [1.807, 2.05) is 20.8 Å². The van der Waals surface area contributed by atoms with Gasteiger partial charge in [-0.05, 0) is 27.2 Å². The third kappa shape index (κ3) is 3.70. The summed E-state index contributed by atoms with van der Waals surface area (Å²) in [6.45, 7) is 6.98. The molecule has 0 saturated carbocycles. The number of halogens is 1. The van der Waals surface area contributed by atoms with Crippen molar-refractivity contribution in [3.8, 4) is 0 Å². The molecule has 0 saturated heterocycles. The van der Waals surface area contributed by atoms with Crippen LogP contribution in [0.1, 0.15) is 27.2 Å². The molecule has 1 aliphatic heterocycles. The fraction of sp³-hybridized carbons (Fsp3) is 0.700. The molecule has 0 radical (unpaired) electrons. The molecule has 14 heavy (non-hydrogen) atoms. The van der Waals surface area contributed by atoms with Crippen LogP contribution in [-0.4, -0.2) is 29.7 Å². The Labute approximate surface area is 93.2 Å². The minimum absolute atomic E-state index is 0.234. The molecule has 0 fully saturated rings. The van der Waals surface area contributed by atoms with Gasteiger partial charge in [-0.25, -0.2) is 4.79 Å². The van der Waals surface area contributed by atoms with Crippen molar-refractivity contribution in [1.29, 1.82) is 0 Å². The van der Waals surface area contributed by atoms with E-state index in [1.165, 1.54) is 0 Å². The first-order chi connectivity index (χ1) is 6.38. The Morgan fingerprint density at radius 2 is 2.21 bits per heavy atom. The molecule has 1 rings (SSSR count). The summed E-state index contributed by atoms with van der Waals surface area (Å²) in [5, 5.41) is 0. The monoisotopic (exact) mass is 261 g/mol. The van der Waals surface area contributed by atoms with Crippen LogP contribution in [0.4, 0.5) is 4.79 Å². The third-order valence-corrected chi connectivity index (χ3v) is 2.33. The number of rotatable bonds is 0. The highest BCUT2D eigenvalue weighted by atomic mass is 79.9. The molecule has 3 nitrogen and oxygen atoms in total. The first-order valence-corrected chi connectivity index (χ1v) is 5.50. The molecule has 80 valence electrons. The van der Waals surface area contributed by atoms with Gasteiger partial charge in [0.05, 0.1) is 6.54 Å². The summed E-state index contributed by atoms with van der Waals surface area (Å²) in [6, 6.07) is 0. The van der Waals surface area contributed by atoms with E-state index in [9.17, 15) is 4.79 Å². The minimum atomic E-state index is -0.412. The predicted molar refractivity (Wildman–Crippen MR) is 59.4 cm³/mol. The molecule has 1 heterocycles. The number of ether oxygens (including phenoxy) is 1. The predicted octanol–water partition coefficient (Wildman–Crippen LogP) is 2.91. The smallest absolute Gasteiger partial charge is 0.410 e. The van der Waals surface area contributed by atoms with Crippen LogP contribution in [-0.2, 0) is 4.74 Å². The van der Waals surface area contributed by atoms with E-state index in [1.54, 1.807) is 4.90 Å². The lowest BCUT2D eigenvalue weighted by atomic mass is 10.2. The molecule has 1 amide bonds. The molecule has 0 bridgehead atoms. The van der Waals surface area contributed by atoms with Crippen molar-refractivity contribution >= 4 is 22.0 Å². The zero-order valence-corrected chi connectivity index (χ0v) is 10.4. The maximum Gasteiger partial charge on any atom is 0.410 e. The summed E-state index contributed by atoms with van der Waals surface area (Å²) in [6.07, 6.45) is 2.74. The second-order valence-corrected chi connectivity index (χ2v) is 5.36. The fourth-order valence-corrected chi connectivity index (χ4v) is 1.72. The van der Waals surface area contributed by atoms with Gasteiger partial charge in [-0.2, -0.15) is 0 Å². The van der Waals surface area contributed by atoms with Gasteiger partial charge in [0.15, 0.2) is 0 Å². The molecule has 1 aliphatic rings. The van der Waals surface area contributed by atoms with E-state index in [-0.39, 0.29) is 6.09 Å². The number of hydrogen-bond donors (Lipinski definition) is 0. The summed E-state index contributed by atoms with van der Waals surface area (Å²) >= 11 is 3.39. The molecular weight excluding hydrogens is 246 g/mol. The zero-order chi connectivity index (χ0) is 10.8. The van der Waals surface area contributed by atoms with Crippen LogP contribution in [0.15, 0.2) is 10.6 Å². The fourth-order valence-electron chi connectivity index (χ4n) is 1.19. The highest BCUT2D eigenvalue weighted by Crippen LogP contribution is 2.17. The molecule has 0 spiro atoms. The van der Waals surface area contributed by atoms with Crippen LogP contribution in [0.2, 0.25) is 0 Å². The molecule has 0 atom stereocenters. The largest absolute Gasteiger partial charge is 0.444 e. The van der Waals surface area contributed by atoms with Gasteiger partial charge in [-0.3, -0.25) is 0 Å². The third-order valence-electron chi connectivity index (χ3n) is 1.76. The van der Waals surface area contributed by atoms with Crippen molar-refractivity contribution in [2.75, 3.05) is 13.1 Å². The van der Waals surface area contributed by atoms with Crippen molar-refractivity contribution in [2.45, 2.75) is 32.8 Å². The lowest BCUT2D eigenvalue weighted by Gasteiger charge is -2.28. The van der Waals surface area contributed by atoms with Gasteiger partial charge in [-0.1, -0.05) is 22.0 Å². The second kappa shape index (κ2) is 4.34. The zero-order valence-electron chi connectivity index (χ0n) is 8.84. The van der Waals surface area contributed by atoms with Crippen LogP contribution >= 0.6 is 15.9 Å². The molecule has 0 N–H and O–H groups in total. The van der Waals surface area contributed by atoms with E-state index in [0.717, 1.165) is 17.4 Å². The average Bonchev–Trinajstić information content (AvgIpc) is 2.01. The number of nitrogens with zero attached hydrogens (tertiary/aromatic N) is 1. The Morgan fingerprint density at radius 1 is 1.57 bits per heavy atom. The lowest BCUT2D eigenvalue weighted by molar-refractivity contribution is 0.0267. The average molecular weight is 262 g/mol. The quantitative estimate of drug-likeness (QED) is 0.671. The summed E-state index contributed by atoms with van der Waals surface area (Å²) in [4.78, 5) is 13.3. The molecule has 0 aliphatic carbocycles. The standard InChI is InChI=1S/C10H16BrNO2/c1-10(2,3)14-9(13)12-6-4-5-8(11)7-12/h5H,4,6-7H2,1-3H3. The van der Waals surface area contributed by atoms with Crippen molar-refractivity contribution in [2.24, 2.45) is 0 Å². The van der Waals surface area contributed by atoms with Gasteiger partial charge >= 0.3 is 6.09 Å². The van der Waals surface area contributed by atoms with Crippen molar-refractivity contribution < 1.29 is 9.53 Å². The highest BCUT2D eigenvalue weighted by Gasteiger charge is 2.23. The number of carbonyl (C=O) groups excluding carboxylic acids is 1. The Balaban J connectivity index is 2.50. The van der Waals surface area contributed by atoms with E-state index in [0.29, 0.717) is 6.54 Å². The molecule has 0 aromatic rings. The second-order valence-electron chi connectivity index (χ2n) is 4.34. The first-order valence-electron chi connectivity index (χ1n) is 4.71. The van der Waals surface area contributed by atoms with Crippen LogP contribution in [0.3, 0.4) is 0 Å². The van der Waals surface area contributed by atoms with Gasteiger partial charge < -0.3 is 9.64 Å². The van der Waals surface area contributed by atoms with Gasteiger partial charge in [-0.15, -0.1) is 0 Å². The van der Waals surface area contributed by atoms with Crippen LogP contribution in [0.25, 0.3) is 0 Å². The van der Waals surface area contributed by atoms with E-state index in [2.05, 4.69) is 22.0 Å². The van der Waals surface area contributed by atoms with Gasteiger partial charge in [0, 0.05) is 11.0 Å². The summed E-state index contributed by atoms with van der Waals surface area (Å²) in [5.41, 5.74) is -0.412. The van der Waals surface area contributed by atoms with Gasteiger partial charge in [0.2, 0.25) is 0 Å². The van der Waals surface area contributed by atoms with Gasteiger partial charge in [0.1, 0.15) is 5.60 Å². The maximum absolute atomic E-state index is 11.6. The molecule has 0 aromatic heterocycles. The minimum Gasteiger partial charge on any atom is -0.444 e. The van der Waals surface area contributed by atoms with Crippen LogP contribution < -0.4 is 0 Å². The summed E-state index contributed by atoms with van der Waals surface area (Å²) < 4.78 is 6.32. The Bertz CT molecular complexity index is 255. The van der Waals surface area contributed by atoms with Crippen LogP contribution in [0, 0.1) is 0 Å². The van der Waals surface area contributed by atoms with Gasteiger partial charge in [0.25, 0.3) is 0 Å². The Hall–Kier alpha value is -0.510. The lowest BCUT2D eigenvalue weighted by Crippen LogP contribution is -2.39. The molecule has 4 heteroatoms. The summed E-state index contributed by atoms with van der Waals surface area (Å²) in [7, 11) is 0. The normalized spacial score (nSPS) is 17.7. The van der Waals surface area contributed by atoms with E-state index in [4.69, 9.17) is 4.74 Å². The van der Waals surface area contributed by atoms with Crippen molar-refractivity contribution in [3.63, 3.8) is 0 Å². The number of hydrogen-bond acceptors (Lipinski definition) is 2. The van der Waals surface area contributed by atoms with Crippen molar-refractivity contribution in [1.82, 2.24) is 4.90 Å². The highest BCUT2D eigenvalue weighted by molar-refractivity contribution is 9.11. The SMILES string of the molecule is CC(C)(C)OC(=O)N1CCC=C(Br)C1. The maximum atomic E-state index is 11.6. The molecule has 0 aromatic carbocycles. The van der Waals surface area contributed by atoms with E-state index < -0.39 is 5.60 Å². The Morgan fingerprint density at radius 3 is 2.71 bits per heavy atom. The number of amides is 1. The Kier molecular flexibility index (Phi) is 3.59. The summed E-state index contributed by atoms with van der Waals surface area (Å²) in [5.74, 6) is 0. The van der Waals surface area contributed by atoms with Crippen molar-refractivity contribution in [3.05, 3.63) is 10.6 Å². The topological polar surface area (TPSA) is 29.5 Å². The molecule has 0 unspecified atom stereocenters. The number of carbonyl (C=O) groups is 1. The van der Waals surface area contributed by atoms with Crippen LogP contribution in [0.5, 0.6) is 0 Å². The first kappa shape index (κ1) is 11.6. The molecular formula is C10H16BrNO2. The van der Waals surface area contributed by atoms with E-state index >= 15 is 0 Å².